The number of carbonyl (C=O) groups excluding carboxylic acids is 1. The van der Waals surface area contributed by atoms with Gasteiger partial charge >= 0.3 is 5.97 Å². The summed E-state index contributed by atoms with van der Waals surface area (Å²) in [7, 11) is 1.51. The fourth-order valence-electron chi connectivity index (χ4n) is 2.93. The molecule has 0 saturated carbocycles. The molecule has 0 bridgehead atoms. The first-order chi connectivity index (χ1) is 10.8. The van der Waals surface area contributed by atoms with Gasteiger partial charge in [-0.15, -0.1) is 0 Å². The third kappa shape index (κ3) is 1.89. The van der Waals surface area contributed by atoms with Crippen LogP contribution in [0.15, 0.2) is 36.4 Å². The number of benzene rings is 2. The Labute approximate surface area is 127 Å². The van der Waals surface area contributed by atoms with Gasteiger partial charge in [0.1, 0.15) is 11.7 Å². The highest BCUT2D eigenvalue weighted by atomic mass is 16.7. The fourth-order valence-corrected chi connectivity index (χ4v) is 2.93. The third-order valence-corrected chi connectivity index (χ3v) is 3.94. The van der Waals surface area contributed by atoms with Crippen molar-refractivity contribution in [3.8, 4) is 17.2 Å². The van der Waals surface area contributed by atoms with Crippen molar-refractivity contribution in [1.82, 2.24) is 0 Å². The summed E-state index contributed by atoms with van der Waals surface area (Å²) in [5.41, 5.74) is 2.25. The Morgan fingerprint density at radius 1 is 1.18 bits per heavy atom. The van der Waals surface area contributed by atoms with Crippen molar-refractivity contribution in [2.75, 3.05) is 13.9 Å². The van der Waals surface area contributed by atoms with Gasteiger partial charge in [0.05, 0.1) is 7.11 Å². The van der Waals surface area contributed by atoms with Crippen molar-refractivity contribution >= 4 is 5.97 Å². The number of carbonyl (C=O) groups is 1. The van der Waals surface area contributed by atoms with E-state index in [1.807, 2.05) is 36.4 Å². The molecule has 0 aliphatic carbocycles. The van der Waals surface area contributed by atoms with Crippen molar-refractivity contribution in [2.24, 2.45) is 0 Å². The second-order valence-electron chi connectivity index (χ2n) is 5.19. The van der Waals surface area contributed by atoms with E-state index < -0.39 is 5.97 Å². The summed E-state index contributed by atoms with van der Waals surface area (Å²) in [6, 6.07) is 11.5. The zero-order chi connectivity index (χ0) is 15.1. The zero-order valence-electron chi connectivity index (χ0n) is 12.0. The predicted molar refractivity (Wildman–Crippen MR) is 77.4 cm³/mol. The Balaban J connectivity index is 1.80. The maximum absolute atomic E-state index is 12.5. The molecular formula is C17H14O5. The molecule has 0 aromatic heterocycles. The Bertz CT molecular complexity index is 738. The highest BCUT2D eigenvalue weighted by Crippen LogP contribution is 2.47. The van der Waals surface area contributed by atoms with E-state index in [1.54, 1.807) is 0 Å². The van der Waals surface area contributed by atoms with E-state index in [1.165, 1.54) is 7.11 Å². The molecule has 2 aromatic carbocycles. The quantitative estimate of drug-likeness (QED) is 0.798. The Kier molecular flexibility index (Phi) is 2.92. The van der Waals surface area contributed by atoms with E-state index in [0.717, 1.165) is 11.1 Å². The minimum atomic E-state index is -0.398. The molecular weight excluding hydrogens is 284 g/mol. The minimum Gasteiger partial charge on any atom is -0.492 e. The standard InChI is InChI=1S/C17H14O5/c1-19-16-14-11(8-13-15(16)21-9-20-13)7-12(22-17(14)18)10-5-3-2-4-6-10/h2-6,8,12H,7,9H2,1H3/t12-/m0/s1. The minimum absolute atomic E-state index is 0.131. The first kappa shape index (κ1) is 13.0. The smallest absolute Gasteiger partial charge is 0.342 e. The van der Waals surface area contributed by atoms with Gasteiger partial charge in [0.25, 0.3) is 0 Å². The molecule has 0 unspecified atom stereocenters. The van der Waals surface area contributed by atoms with Crippen LogP contribution in [0.25, 0.3) is 0 Å². The molecule has 22 heavy (non-hydrogen) atoms. The topological polar surface area (TPSA) is 54.0 Å². The first-order valence-electron chi connectivity index (χ1n) is 7.03. The second-order valence-corrected chi connectivity index (χ2v) is 5.19. The van der Waals surface area contributed by atoms with E-state index in [0.29, 0.717) is 29.2 Å². The largest absolute Gasteiger partial charge is 0.492 e. The summed E-state index contributed by atoms with van der Waals surface area (Å²) >= 11 is 0. The first-order valence-corrected chi connectivity index (χ1v) is 7.03. The van der Waals surface area contributed by atoms with E-state index in [-0.39, 0.29) is 12.9 Å². The van der Waals surface area contributed by atoms with Gasteiger partial charge in [0.15, 0.2) is 11.5 Å². The lowest BCUT2D eigenvalue weighted by Gasteiger charge is -2.26. The van der Waals surface area contributed by atoms with Crippen molar-refractivity contribution in [3.05, 3.63) is 53.1 Å². The summed E-state index contributed by atoms with van der Waals surface area (Å²) in [5.74, 6) is 1.07. The molecule has 2 aromatic rings. The molecule has 5 heteroatoms. The van der Waals surface area contributed by atoms with Crippen LogP contribution in [0, 0.1) is 0 Å². The van der Waals surface area contributed by atoms with Crippen LogP contribution in [-0.4, -0.2) is 19.9 Å². The number of esters is 1. The number of hydrogen-bond donors (Lipinski definition) is 0. The molecule has 4 rings (SSSR count). The molecule has 0 spiro atoms. The van der Waals surface area contributed by atoms with Crippen molar-refractivity contribution in [3.63, 3.8) is 0 Å². The number of fused-ring (bicyclic) bond motifs is 2. The Morgan fingerprint density at radius 3 is 2.77 bits per heavy atom. The van der Waals surface area contributed by atoms with Crippen molar-refractivity contribution < 1.29 is 23.7 Å². The van der Waals surface area contributed by atoms with Crippen molar-refractivity contribution in [1.29, 1.82) is 0 Å². The molecule has 0 saturated heterocycles. The van der Waals surface area contributed by atoms with Crippen LogP contribution in [-0.2, 0) is 11.2 Å². The van der Waals surface area contributed by atoms with E-state index in [2.05, 4.69) is 0 Å². The maximum Gasteiger partial charge on any atom is 0.342 e. The SMILES string of the molecule is COc1c2c(cc3c1C(=O)O[C@H](c1ccccc1)C3)OCO2. The monoisotopic (exact) mass is 298 g/mol. The lowest BCUT2D eigenvalue weighted by atomic mass is 9.93. The van der Waals surface area contributed by atoms with Gasteiger partial charge in [0.2, 0.25) is 12.5 Å². The van der Waals surface area contributed by atoms with Gasteiger partial charge in [-0.3, -0.25) is 0 Å². The summed E-state index contributed by atoms with van der Waals surface area (Å²) in [6.07, 6.45) is 0.282. The maximum atomic E-state index is 12.5. The normalized spacial score (nSPS) is 18.6. The summed E-state index contributed by atoms with van der Waals surface area (Å²) in [6.45, 7) is 0.131. The van der Waals surface area contributed by atoms with Crippen LogP contribution >= 0.6 is 0 Å². The molecule has 0 radical (unpaired) electrons. The van der Waals surface area contributed by atoms with Gasteiger partial charge in [-0.05, 0) is 17.2 Å². The van der Waals surface area contributed by atoms with E-state index >= 15 is 0 Å². The van der Waals surface area contributed by atoms with Crippen LogP contribution in [0.3, 0.4) is 0 Å². The van der Waals surface area contributed by atoms with Crippen LogP contribution in [0.1, 0.15) is 27.6 Å². The van der Waals surface area contributed by atoms with Crippen molar-refractivity contribution in [2.45, 2.75) is 12.5 Å². The highest BCUT2D eigenvalue weighted by Gasteiger charge is 2.35. The lowest BCUT2D eigenvalue weighted by molar-refractivity contribution is 0.0247. The van der Waals surface area contributed by atoms with Gasteiger partial charge in [0, 0.05) is 6.42 Å². The average Bonchev–Trinajstić information content (AvgIpc) is 3.01. The highest BCUT2D eigenvalue weighted by molar-refractivity contribution is 5.97. The van der Waals surface area contributed by atoms with E-state index in [4.69, 9.17) is 18.9 Å². The second kappa shape index (κ2) is 4.94. The number of methoxy groups -OCH3 is 1. The zero-order valence-corrected chi connectivity index (χ0v) is 12.0. The molecule has 2 aliphatic rings. The molecule has 112 valence electrons. The third-order valence-electron chi connectivity index (χ3n) is 3.94. The Hall–Kier alpha value is -2.69. The Morgan fingerprint density at radius 2 is 2.00 bits per heavy atom. The van der Waals surface area contributed by atoms with Gasteiger partial charge < -0.3 is 18.9 Å². The molecule has 0 fully saturated rings. The average molecular weight is 298 g/mol. The van der Waals surface area contributed by atoms with Gasteiger partial charge in [-0.2, -0.15) is 0 Å². The number of hydrogen-bond acceptors (Lipinski definition) is 5. The van der Waals surface area contributed by atoms with Crippen LogP contribution < -0.4 is 14.2 Å². The molecule has 5 nitrogen and oxygen atoms in total. The predicted octanol–water partition coefficient (Wildman–Crippen LogP) is 2.88. The van der Waals surface area contributed by atoms with Crippen LogP contribution in [0.4, 0.5) is 0 Å². The summed E-state index contributed by atoms with van der Waals surface area (Å²) in [5, 5.41) is 0. The summed E-state index contributed by atoms with van der Waals surface area (Å²) < 4.78 is 21.8. The molecule has 2 aliphatic heterocycles. The van der Waals surface area contributed by atoms with Crippen LogP contribution in [0.5, 0.6) is 17.2 Å². The fraction of sp³-hybridized carbons (Fsp3) is 0.235. The van der Waals surface area contributed by atoms with Gasteiger partial charge in [-0.25, -0.2) is 4.79 Å². The number of ether oxygens (including phenoxy) is 4. The number of rotatable bonds is 2. The molecule has 2 heterocycles. The van der Waals surface area contributed by atoms with Gasteiger partial charge in [-0.1, -0.05) is 30.3 Å². The number of cyclic esters (lactones) is 1. The lowest BCUT2D eigenvalue weighted by Crippen LogP contribution is -2.22. The summed E-state index contributed by atoms with van der Waals surface area (Å²) in [4.78, 5) is 12.5. The molecule has 0 amide bonds. The molecule has 0 N–H and O–H groups in total. The van der Waals surface area contributed by atoms with Crippen LogP contribution in [0.2, 0.25) is 0 Å². The molecule has 1 atom stereocenters. The van der Waals surface area contributed by atoms with E-state index in [9.17, 15) is 4.79 Å².